The zero-order valence-electron chi connectivity index (χ0n) is 18.8. The molecule has 4 rings (SSSR count). The van der Waals surface area contributed by atoms with E-state index in [4.69, 9.17) is 10.00 Å². The summed E-state index contributed by atoms with van der Waals surface area (Å²) >= 11 is 0. The molecule has 6 heteroatoms. The van der Waals surface area contributed by atoms with Crippen molar-refractivity contribution in [1.82, 2.24) is 9.99 Å². The summed E-state index contributed by atoms with van der Waals surface area (Å²) in [6, 6.07) is 32.0. The second-order valence-electron chi connectivity index (χ2n) is 7.46. The Balaban J connectivity index is 1.91. The predicted octanol–water partition coefficient (Wildman–Crippen LogP) is 5.57. The first kappa shape index (κ1) is 22.6. The smallest absolute Gasteiger partial charge is 0.254 e. The maximum absolute atomic E-state index is 11.7. The molecule has 0 aliphatic carbocycles. The third-order valence-electron chi connectivity index (χ3n) is 5.19. The molecule has 0 saturated heterocycles. The number of ether oxygens (including phenoxy) is 1. The van der Waals surface area contributed by atoms with Gasteiger partial charge in [0.15, 0.2) is 0 Å². The van der Waals surface area contributed by atoms with Gasteiger partial charge in [-0.3, -0.25) is 4.79 Å². The van der Waals surface area contributed by atoms with Gasteiger partial charge in [0.05, 0.1) is 30.3 Å². The molecule has 1 aromatic heterocycles. The number of hydrazone groups is 1. The number of rotatable bonds is 8. The molecule has 1 N–H and O–H groups in total. The van der Waals surface area contributed by atoms with Gasteiger partial charge in [-0.05, 0) is 48.4 Å². The van der Waals surface area contributed by atoms with Crippen LogP contribution < -0.4 is 10.2 Å². The molecule has 0 fully saturated rings. The van der Waals surface area contributed by atoms with Gasteiger partial charge in [-0.1, -0.05) is 60.7 Å². The van der Waals surface area contributed by atoms with Gasteiger partial charge < -0.3 is 9.30 Å². The zero-order valence-corrected chi connectivity index (χ0v) is 18.8. The van der Waals surface area contributed by atoms with E-state index < -0.39 is 5.91 Å². The summed E-state index contributed by atoms with van der Waals surface area (Å²) in [6.45, 7) is 2.56. The largest absolute Gasteiger partial charge is 0.494 e. The number of aromatic nitrogens is 1. The van der Waals surface area contributed by atoms with Crippen molar-refractivity contribution in [2.24, 2.45) is 5.10 Å². The van der Waals surface area contributed by atoms with Crippen LogP contribution in [0, 0.1) is 11.3 Å². The summed E-state index contributed by atoms with van der Waals surface area (Å²) in [7, 11) is 0. The molecule has 6 nitrogen and oxygen atoms in total. The zero-order chi connectivity index (χ0) is 23.8. The van der Waals surface area contributed by atoms with E-state index in [9.17, 15) is 4.79 Å². The van der Waals surface area contributed by atoms with Crippen LogP contribution in [0.15, 0.2) is 96.1 Å². The minimum atomic E-state index is -0.450. The molecular weight excluding hydrogens is 424 g/mol. The van der Waals surface area contributed by atoms with Crippen LogP contribution in [0.4, 0.5) is 0 Å². The third kappa shape index (κ3) is 5.05. The van der Waals surface area contributed by atoms with Crippen LogP contribution in [0.3, 0.4) is 0 Å². The lowest BCUT2D eigenvalue weighted by molar-refractivity contribution is -0.120. The van der Waals surface area contributed by atoms with Gasteiger partial charge >= 0.3 is 0 Å². The second-order valence-corrected chi connectivity index (χ2v) is 7.46. The highest BCUT2D eigenvalue weighted by atomic mass is 16.5. The fraction of sp³-hybridized carbons (Fsp3) is 0.107. The molecule has 0 aliphatic rings. The fourth-order valence-corrected chi connectivity index (χ4v) is 3.75. The average Bonchev–Trinajstić information content (AvgIpc) is 3.25. The van der Waals surface area contributed by atoms with Gasteiger partial charge in [0.25, 0.3) is 5.91 Å². The Morgan fingerprint density at radius 1 is 1.00 bits per heavy atom. The van der Waals surface area contributed by atoms with Crippen molar-refractivity contribution in [1.29, 1.82) is 5.26 Å². The first-order chi connectivity index (χ1) is 16.7. The number of amides is 1. The van der Waals surface area contributed by atoms with E-state index in [-0.39, 0.29) is 6.42 Å². The van der Waals surface area contributed by atoms with Crippen molar-refractivity contribution in [2.45, 2.75) is 13.3 Å². The highest BCUT2D eigenvalue weighted by Gasteiger charge is 2.18. The Hall–Kier alpha value is -4.63. The molecule has 0 spiro atoms. The SMILES string of the molecule is CCOc1ccc(-n2c(-c3ccccc3)cc(/C=N\NC(=O)CC#N)c2-c2ccccc2)cc1. The molecule has 34 heavy (non-hydrogen) atoms. The molecule has 0 atom stereocenters. The number of carbonyl (C=O) groups is 1. The van der Waals surface area contributed by atoms with Gasteiger partial charge in [0, 0.05) is 11.3 Å². The van der Waals surface area contributed by atoms with Crippen LogP contribution in [-0.4, -0.2) is 23.3 Å². The molecule has 3 aromatic carbocycles. The molecular formula is C28H24N4O2. The normalized spacial score (nSPS) is 10.7. The summed E-state index contributed by atoms with van der Waals surface area (Å²) in [5.41, 5.74) is 8.18. The lowest BCUT2D eigenvalue weighted by Crippen LogP contribution is -2.16. The Morgan fingerprint density at radius 3 is 2.26 bits per heavy atom. The summed E-state index contributed by atoms with van der Waals surface area (Å²) in [6.07, 6.45) is 1.38. The highest BCUT2D eigenvalue weighted by molar-refractivity contribution is 5.94. The van der Waals surface area contributed by atoms with Crippen LogP contribution >= 0.6 is 0 Å². The van der Waals surface area contributed by atoms with Crippen LogP contribution in [-0.2, 0) is 4.79 Å². The van der Waals surface area contributed by atoms with Crippen LogP contribution in [0.2, 0.25) is 0 Å². The number of benzene rings is 3. The molecule has 0 unspecified atom stereocenters. The Labute approximate surface area is 198 Å². The van der Waals surface area contributed by atoms with Crippen molar-refractivity contribution >= 4 is 12.1 Å². The Morgan fingerprint density at radius 2 is 1.65 bits per heavy atom. The number of nitrogens with zero attached hydrogens (tertiary/aromatic N) is 3. The minimum Gasteiger partial charge on any atom is -0.494 e. The number of hydrogen-bond acceptors (Lipinski definition) is 4. The van der Waals surface area contributed by atoms with Crippen LogP contribution in [0.25, 0.3) is 28.2 Å². The first-order valence-corrected chi connectivity index (χ1v) is 11.0. The molecule has 0 aliphatic heterocycles. The van der Waals surface area contributed by atoms with Crippen LogP contribution in [0.1, 0.15) is 18.9 Å². The molecule has 1 heterocycles. The van der Waals surface area contributed by atoms with E-state index in [0.29, 0.717) is 6.61 Å². The van der Waals surface area contributed by atoms with Crippen molar-refractivity contribution < 1.29 is 9.53 Å². The summed E-state index contributed by atoms with van der Waals surface area (Å²) < 4.78 is 7.81. The van der Waals surface area contributed by atoms with E-state index in [1.807, 2.05) is 91.9 Å². The van der Waals surface area contributed by atoms with Crippen LogP contribution in [0.5, 0.6) is 5.75 Å². The standard InChI is InChI=1S/C28H24N4O2/c1-2-34-25-15-13-24(14-16-25)32-26(21-9-5-3-6-10-21)19-23(20-30-31-27(33)17-18-29)28(32)22-11-7-4-8-12-22/h3-16,19-20H,2,17H2,1H3,(H,31,33)/b30-20-. The summed E-state index contributed by atoms with van der Waals surface area (Å²) in [5.74, 6) is 0.358. The van der Waals surface area contributed by atoms with Crippen molar-refractivity contribution in [3.63, 3.8) is 0 Å². The van der Waals surface area contributed by atoms with E-state index >= 15 is 0 Å². The molecule has 0 radical (unpaired) electrons. The number of nitrogens with one attached hydrogen (secondary N) is 1. The molecule has 168 valence electrons. The third-order valence-corrected chi connectivity index (χ3v) is 5.19. The average molecular weight is 449 g/mol. The number of nitriles is 1. The minimum absolute atomic E-state index is 0.245. The maximum Gasteiger partial charge on any atom is 0.254 e. The quantitative estimate of drug-likeness (QED) is 0.283. The predicted molar refractivity (Wildman–Crippen MR) is 134 cm³/mol. The van der Waals surface area contributed by atoms with E-state index in [2.05, 4.69) is 27.2 Å². The van der Waals surface area contributed by atoms with Crippen molar-refractivity contribution in [3.8, 4) is 40.0 Å². The van der Waals surface area contributed by atoms with Gasteiger partial charge in [-0.25, -0.2) is 5.43 Å². The molecule has 0 saturated carbocycles. The Kier molecular flexibility index (Phi) is 7.16. The first-order valence-electron chi connectivity index (χ1n) is 11.0. The summed E-state index contributed by atoms with van der Waals surface area (Å²) in [4.78, 5) is 11.7. The van der Waals surface area contributed by atoms with Gasteiger partial charge in [-0.2, -0.15) is 10.4 Å². The lowest BCUT2D eigenvalue weighted by atomic mass is 10.1. The van der Waals surface area contributed by atoms with Crippen molar-refractivity contribution in [2.75, 3.05) is 6.61 Å². The highest BCUT2D eigenvalue weighted by Crippen LogP contribution is 2.35. The molecule has 0 bridgehead atoms. The van der Waals surface area contributed by atoms with Gasteiger partial charge in [0.1, 0.15) is 12.2 Å². The molecule has 1 amide bonds. The lowest BCUT2D eigenvalue weighted by Gasteiger charge is -2.15. The topological polar surface area (TPSA) is 79.4 Å². The second kappa shape index (κ2) is 10.8. The van der Waals surface area contributed by atoms with Gasteiger partial charge in [0.2, 0.25) is 0 Å². The van der Waals surface area contributed by atoms with E-state index in [1.165, 1.54) is 0 Å². The monoisotopic (exact) mass is 448 g/mol. The van der Waals surface area contributed by atoms with Gasteiger partial charge in [-0.15, -0.1) is 0 Å². The maximum atomic E-state index is 11.7. The van der Waals surface area contributed by atoms with E-state index in [0.717, 1.165) is 39.5 Å². The summed E-state index contributed by atoms with van der Waals surface area (Å²) in [5, 5.41) is 12.8. The number of hydrogen-bond donors (Lipinski definition) is 1. The van der Waals surface area contributed by atoms with Crippen molar-refractivity contribution in [3.05, 3.63) is 96.6 Å². The fourth-order valence-electron chi connectivity index (χ4n) is 3.75. The molecule has 4 aromatic rings. The number of carbonyl (C=O) groups excluding carboxylic acids is 1. The van der Waals surface area contributed by atoms with E-state index in [1.54, 1.807) is 6.21 Å². The Bertz CT molecular complexity index is 1320.